The zero-order valence-corrected chi connectivity index (χ0v) is 7.55. The van der Waals surface area contributed by atoms with E-state index in [0.717, 1.165) is 0 Å². The van der Waals surface area contributed by atoms with Gasteiger partial charge in [-0.15, -0.1) is 0 Å². The summed E-state index contributed by atoms with van der Waals surface area (Å²) in [6.45, 7) is -0.588. The summed E-state index contributed by atoms with van der Waals surface area (Å²) in [6, 6.07) is 0. The number of hydrogen-bond donors (Lipinski definition) is 2. The number of thiol groups is 2. The molecule has 0 radical (unpaired) electrons. The molecule has 0 unspecified atom stereocenters. The SMILES string of the molecule is O=[SH](=O)OCC#CCO[SH](=O)=O. The molecule has 0 aromatic rings. The van der Waals surface area contributed by atoms with Crippen LogP contribution in [0.4, 0.5) is 0 Å². The molecule has 0 atom stereocenters. The van der Waals surface area contributed by atoms with Crippen molar-refractivity contribution in [3.8, 4) is 11.8 Å². The van der Waals surface area contributed by atoms with Crippen LogP contribution in [0.15, 0.2) is 0 Å². The van der Waals surface area contributed by atoms with Gasteiger partial charge in [-0.3, -0.25) is 8.37 Å². The second-order valence-corrected chi connectivity index (χ2v) is 2.76. The van der Waals surface area contributed by atoms with Gasteiger partial charge in [-0.2, -0.15) is 0 Å². The maximum atomic E-state index is 9.76. The van der Waals surface area contributed by atoms with Gasteiger partial charge >= 0.3 is 0 Å². The Hall–Kier alpha value is -0.620. The maximum absolute atomic E-state index is 9.76. The lowest BCUT2D eigenvalue weighted by Crippen LogP contribution is -1.91. The van der Waals surface area contributed by atoms with E-state index in [1.54, 1.807) is 0 Å². The first-order valence-electron chi connectivity index (χ1n) is 2.63. The highest BCUT2D eigenvalue weighted by atomic mass is 32.2. The van der Waals surface area contributed by atoms with Crippen molar-refractivity contribution in [3.05, 3.63) is 0 Å². The number of hydrogen-bond acceptors (Lipinski definition) is 6. The first-order chi connectivity index (χ1) is 5.63. The normalized spacial score (nSPS) is 9.83. The summed E-state index contributed by atoms with van der Waals surface area (Å²) in [6.07, 6.45) is 0. The molecule has 0 aliphatic rings. The zero-order valence-electron chi connectivity index (χ0n) is 5.76. The molecule has 0 aromatic carbocycles. The molecular formula is C4H6O6S2. The van der Waals surface area contributed by atoms with Gasteiger partial charge in [0, 0.05) is 0 Å². The van der Waals surface area contributed by atoms with E-state index in [2.05, 4.69) is 20.2 Å². The third kappa shape index (κ3) is 9.38. The summed E-state index contributed by atoms with van der Waals surface area (Å²) in [7, 11) is -5.79. The third-order valence-electron chi connectivity index (χ3n) is 0.609. The Morgan fingerprint density at radius 3 is 1.42 bits per heavy atom. The lowest BCUT2D eigenvalue weighted by atomic mass is 10.6. The van der Waals surface area contributed by atoms with Gasteiger partial charge in [0.1, 0.15) is 13.2 Å². The quantitative estimate of drug-likeness (QED) is 0.419. The Balaban J connectivity index is 3.47. The molecule has 0 saturated heterocycles. The molecule has 0 fully saturated rings. The second kappa shape index (κ2) is 7.05. The van der Waals surface area contributed by atoms with Crippen LogP contribution in [0.25, 0.3) is 0 Å². The molecule has 0 saturated carbocycles. The molecule has 6 nitrogen and oxygen atoms in total. The van der Waals surface area contributed by atoms with Gasteiger partial charge in [0.2, 0.25) is 0 Å². The van der Waals surface area contributed by atoms with Crippen molar-refractivity contribution in [1.82, 2.24) is 0 Å². The van der Waals surface area contributed by atoms with Crippen LogP contribution in [0.5, 0.6) is 0 Å². The molecule has 0 spiro atoms. The molecule has 0 heterocycles. The predicted molar refractivity (Wildman–Crippen MR) is 40.3 cm³/mol. The molecule has 0 N–H and O–H groups in total. The Labute approximate surface area is 72.8 Å². The van der Waals surface area contributed by atoms with Gasteiger partial charge in [0.25, 0.3) is 22.0 Å². The monoisotopic (exact) mass is 214 g/mol. The summed E-state index contributed by atoms with van der Waals surface area (Å²) in [4.78, 5) is 0. The Kier molecular flexibility index (Phi) is 6.69. The van der Waals surface area contributed by atoms with Gasteiger partial charge in [0.15, 0.2) is 0 Å². The highest BCUT2D eigenvalue weighted by Gasteiger charge is 1.81. The lowest BCUT2D eigenvalue weighted by Gasteiger charge is -1.83. The van der Waals surface area contributed by atoms with Crippen LogP contribution < -0.4 is 0 Å². The van der Waals surface area contributed by atoms with Gasteiger partial charge in [0.05, 0.1) is 0 Å². The first kappa shape index (κ1) is 11.4. The van der Waals surface area contributed by atoms with Crippen molar-refractivity contribution >= 4 is 22.0 Å². The summed E-state index contributed by atoms with van der Waals surface area (Å²) < 4.78 is 47.1. The largest absolute Gasteiger partial charge is 0.259 e. The molecule has 0 rings (SSSR count). The van der Waals surface area contributed by atoms with E-state index in [0.29, 0.717) is 0 Å². The third-order valence-corrected chi connectivity index (χ3v) is 1.29. The molecular weight excluding hydrogens is 208 g/mol. The van der Waals surface area contributed by atoms with E-state index in [1.807, 2.05) is 0 Å². The fourth-order valence-corrected chi connectivity index (χ4v) is 0.612. The van der Waals surface area contributed by atoms with Crippen LogP contribution in [0.2, 0.25) is 0 Å². The van der Waals surface area contributed by atoms with Crippen LogP contribution in [-0.2, 0) is 30.3 Å². The molecule has 0 amide bonds. The van der Waals surface area contributed by atoms with E-state index in [4.69, 9.17) is 0 Å². The van der Waals surface area contributed by atoms with E-state index >= 15 is 0 Å². The molecule has 8 heteroatoms. The minimum absolute atomic E-state index is 0.294. The molecule has 70 valence electrons. The average Bonchev–Trinajstić information content (AvgIpc) is 1.95. The van der Waals surface area contributed by atoms with Crippen molar-refractivity contribution in [2.75, 3.05) is 13.2 Å². The van der Waals surface area contributed by atoms with E-state index in [1.165, 1.54) is 0 Å². The maximum Gasteiger partial charge on any atom is 0.258 e. The Bertz CT molecular complexity index is 270. The molecule has 0 aliphatic carbocycles. The van der Waals surface area contributed by atoms with E-state index in [-0.39, 0.29) is 13.2 Å². The van der Waals surface area contributed by atoms with Gasteiger partial charge in [-0.05, 0) is 0 Å². The fraction of sp³-hybridized carbons (Fsp3) is 0.500. The zero-order chi connectivity index (χ0) is 9.40. The molecule has 0 aliphatic heterocycles. The standard InChI is InChI=1S/C4H6O6S2/c5-11(6)9-3-1-2-4-10-12(7)8/h11-12H,3-4H2. The minimum Gasteiger partial charge on any atom is -0.259 e. The smallest absolute Gasteiger partial charge is 0.258 e. The van der Waals surface area contributed by atoms with Crippen LogP contribution in [0.3, 0.4) is 0 Å². The Morgan fingerprint density at radius 2 is 1.17 bits per heavy atom. The number of rotatable bonds is 4. The second-order valence-electron chi connectivity index (χ2n) is 1.35. The molecule has 0 bridgehead atoms. The summed E-state index contributed by atoms with van der Waals surface area (Å²) in [5.41, 5.74) is 0. The summed E-state index contributed by atoms with van der Waals surface area (Å²) in [5, 5.41) is 0. The summed E-state index contributed by atoms with van der Waals surface area (Å²) in [5.74, 6) is 4.45. The average molecular weight is 214 g/mol. The van der Waals surface area contributed by atoms with E-state index in [9.17, 15) is 16.8 Å². The summed E-state index contributed by atoms with van der Waals surface area (Å²) >= 11 is 0. The van der Waals surface area contributed by atoms with Crippen molar-refractivity contribution in [2.24, 2.45) is 0 Å². The minimum atomic E-state index is -2.90. The Morgan fingerprint density at radius 1 is 0.833 bits per heavy atom. The van der Waals surface area contributed by atoms with E-state index < -0.39 is 22.0 Å². The van der Waals surface area contributed by atoms with Crippen molar-refractivity contribution in [2.45, 2.75) is 0 Å². The van der Waals surface area contributed by atoms with Crippen LogP contribution in [-0.4, -0.2) is 30.0 Å². The lowest BCUT2D eigenvalue weighted by molar-refractivity contribution is 0.373. The van der Waals surface area contributed by atoms with Crippen molar-refractivity contribution in [3.63, 3.8) is 0 Å². The van der Waals surface area contributed by atoms with Crippen molar-refractivity contribution in [1.29, 1.82) is 0 Å². The van der Waals surface area contributed by atoms with Gasteiger partial charge in [-0.25, -0.2) is 16.8 Å². The van der Waals surface area contributed by atoms with Crippen LogP contribution in [0, 0.1) is 11.8 Å². The van der Waals surface area contributed by atoms with Crippen molar-refractivity contribution < 1.29 is 25.2 Å². The predicted octanol–water partition coefficient (Wildman–Crippen LogP) is -1.92. The van der Waals surface area contributed by atoms with Gasteiger partial charge < -0.3 is 0 Å². The molecule has 0 aromatic heterocycles. The molecule has 12 heavy (non-hydrogen) atoms. The first-order valence-corrected chi connectivity index (χ1v) is 4.82. The fourth-order valence-electron chi connectivity index (χ4n) is 0.272. The van der Waals surface area contributed by atoms with Gasteiger partial charge in [-0.1, -0.05) is 11.8 Å². The highest BCUT2D eigenvalue weighted by molar-refractivity contribution is 7.67. The highest BCUT2D eigenvalue weighted by Crippen LogP contribution is 1.72. The van der Waals surface area contributed by atoms with Crippen LogP contribution >= 0.6 is 0 Å². The van der Waals surface area contributed by atoms with Crippen LogP contribution in [0.1, 0.15) is 0 Å². The topological polar surface area (TPSA) is 86.7 Å².